The predicted octanol–water partition coefficient (Wildman–Crippen LogP) is 7.91. The van der Waals surface area contributed by atoms with Crippen molar-refractivity contribution in [2.75, 3.05) is 6.54 Å². The molecular formula is C33H58IN. The Morgan fingerprint density at radius 2 is 1.00 bits per heavy atom. The van der Waals surface area contributed by atoms with Gasteiger partial charge in [-0.1, -0.05) is 142 Å². The molecule has 1 nitrogen and oxygen atoms in total. The highest BCUT2D eigenvalue weighted by Gasteiger charge is 2.48. The molecule has 1 aromatic carbocycles. The maximum Gasteiger partial charge on any atom is 0.209 e. The lowest BCUT2D eigenvalue weighted by molar-refractivity contribution is -0.439. The molecule has 0 aromatic heterocycles. The Hall–Kier alpha value is -0.380. The van der Waals surface area contributed by atoms with Crippen LogP contribution in [0.1, 0.15) is 162 Å². The van der Waals surface area contributed by atoms with Gasteiger partial charge in [0.15, 0.2) is 5.71 Å². The van der Waals surface area contributed by atoms with E-state index in [-0.39, 0.29) is 29.4 Å². The first kappa shape index (κ1) is 32.6. The van der Waals surface area contributed by atoms with Crippen LogP contribution >= 0.6 is 0 Å². The summed E-state index contributed by atoms with van der Waals surface area (Å²) in [5.41, 5.74) is 5.14. The fraction of sp³-hybridized carbons (Fsp3) is 0.788. The van der Waals surface area contributed by atoms with Crippen LogP contribution in [0.4, 0.5) is 5.69 Å². The van der Waals surface area contributed by atoms with Crippen molar-refractivity contribution >= 4 is 11.4 Å². The molecule has 2 rings (SSSR count). The summed E-state index contributed by atoms with van der Waals surface area (Å²) in [6, 6.07) is 9.46. The minimum Gasteiger partial charge on any atom is -1.00 e. The second-order valence-electron chi connectivity index (χ2n) is 11.1. The molecule has 1 aliphatic heterocycles. The van der Waals surface area contributed by atoms with Crippen molar-refractivity contribution in [2.45, 2.75) is 162 Å². The molecule has 0 aliphatic carbocycles. The molecule has 0 saturated carbocycles. The lowest BCUT2D eigenvalue weighted by Gasteiger charge is -2.28. The average molecular weight is 596 g/mol. The molecular weight excluding hydrogens is 537 g/mol. The SMILES string of the molecule is CCCCCCCCCCC1(CCCCCCCC)C(C)=[N+](CCCCCC)c2ccccc21.[I-]. The van der Waals surface area contributed by atoms with Gasteiger partial charge in [-0.05, 0) is 19.3 Å². The van der Waals surface area contributed by atoms with E-state index < -0.39 is 0 Å². The average Bonchev–Trinajstić information content (AvgIpc) is 3.08. The van der Waals surface area contributed by atoms with Crippen LogP contribution in [0, 0.1) is 0 Å². The van der Waals surface area contributed by atoms with Gasteiger partial charge in [0.1, 0.15) is 6.54 Å². The highest BCUT2D eigenvalue weighted by Crippen LogP contribution is 2.46. The fourth-order valence-electron chi connectivity index (χ4n) is 6.26. The number of hydrogen-bond donors (Lipinski definition) is 0. The van der Waals surface area contributed by atoms with Crippen molar-refractivity contribution in [1.29, 1.82) is 0 Å². The molecule has 202 valence electrons. The second kappa shape index (κ2) is 19.7. The zero-order chi connectivity index (χ0) is 24.5. The number of benzene rings is 1. The Kier molecular flexibility index (Phi) is 18.4. The van der Waals surface area contributed by atoms with Crippen molar-refractivity contribution in [1.82, 2.24) is 0 Å². The Labute approximate surface area is 237 Å². The fourth-order valence-corrected chi connectivity index (χ4v) is 6.26. The summed E-state index contributed by atoms with van der Waals surface area (Å²) in [6.45, 7) is 10.6. The third-order valence-electron chi connectivity index (χ3n) is 8.46. The van der Waals surface area contributed by atoms with Gasteiger partial charge >= 0.3 is 0 Å². The molecule has 1 aliphatic rings. The van der Waals surface area contributed by atoms with E-state index in [1.165, 1.54) is 141 Å². The lowest BCUT2D eigenvalue weighted by Crippen LogP contribution is -3.00. The van der Waals surface area contributed by atoms with Crippen LogP contribution in [0.5, 0.6) is 0 Å². The molecule has 0 radical (unpaired) electrons. The van der Waals surface area contributed by atoms with Crippen molar-refractivity contribution in [3.8, 4) is 0 Å². The summed E-state index contributed by atoms with van der Waals surface area (Å²) in [5.74, 6) is 0. The van der Waals surface area contributed by atoms with Gasteiger partial charge < -0.3 is 24.0 Å². The number of hydrogen-bond acceptors (Lipinski definition) is 0. The molecule has 1 aromatic rings. The first-order valence-electron chi connectivity index (χ1n) is 15.4. The monoisotopic (exact) mass is 595 g/mol. The van der Waals surface area contributed by atoms with E-state index in [1.54, 1.807) is 11.3 Å². The predicted molar refractivity (Wildman–Crippen MR) is 153 cm³/mol. The summed E-state index contributed by atoms with van der Waals surface area (Å²) in [7, 11) is 0. The van der Waals surface area contributed by atoms with Gasteiger partial charge in [-0.3, -0.25) is 0 Å². The van der Waals surface area contributed by atoms with Gasteiger partial charge in [-0.2, -0.15) is 4.58 Å². The summed E-state index contributed by atoms with van der Waals surface area (Å²) in [4.78, 5) is 0. The smallest absolute Gasteiger partial charge is 0.209 e. The summed E-state index contributed by atoms with van der Waals surface area (Å²) in [5, 5.41) is 0. The van der Waals surface area contributed by atoms with E-state index >= 15 is 0 Å². The van der Waals surface area contributed by atoms with Crippen LogP contribution in [0.2, 0.25) is 0 Å². The largest absolute Gasteiger partial charge is 1.00 e. The molecule has 1 atom stereocenters. The number of halogens is 1. The van der Waals surface area contributed by atoms with Crippen LogP contribution in [0.15, 0.2) is 24.3 Å². The van der Waals surface area contributed by atoms with Gasteiger partial charge in [0.25, 0.3) is 0 Å². The van der Waals surface area contributed by atoms with Gasteiger partial charge in [-0.15, -0.1) is 0 Å². The minimum absolute atomic E-state index is 0. The van der Waals surface area contributed by atoms with Gasteiger partial charge in [0.05, 0.1) is 5.41 Å². The topological polar surface area (TPSA) is 3.01 Å². The van der Waals surface area contributed by atoms with Gasteiger partial charge in [0.2, 0.25) is 5.69 Å². The highest BCUT2D eigenvalue weighted by molar-refractivity contribution is 5.94. The van der Waals surface area contributed by atoms with E-state index in [9.17, 15) is 0 Å². The second-order valence-corrected chi connectivity index (χ2v) is 11.1. The van der Waals surface area contributed by atoms with E-state index in [1.807, 2.05) is 0 Å². The Morgan fingerprint density at radius 1 is 0.571 bits per heavy atom. The van der Waals surface area contributed by atoms with Crippen molar-refractivity contribution in [3.05, 3.63) is 29.8 Å². The molecule has 0 bridgehead atoms. The zero-order valence-corrected chi connectivity index (χ0v) is 26.1. The quantitative estimate of drug-likeness (QED) is 0.0772. The molecule has 0 saturated heterocycles. The number of unbranched alkanes of at least 4 members (excludes halogenated alkanes) is 15. The number of para-hydroxylation sites is 1. The Morgan fingerprint density at radius 3 is 1.51 bits per heavy atom. The van der Waals surface area contributed by atoms with E-state index in [0.717, 1.165) is 0 Å². The van der Waals surface area contributed by atoms with Crippen molar-refractivity contribution in [2.24, 2.45) is 0 Å². The summed E-state index contributed by atoms with van der Waals surface area (Å²) >= 11 is 0. The van der Waals surface area contributed by atoms with Crippen molar-refractivity contribution < 1.29 is 28.6 Å². The molecule has 1 unspecified atom stereocenters. The van der Waals surface area contributed by atoms with Crippen LogP contribution in [-0.2, 0) is 5.41 Å². The zero-order valence-electron chi connectivity index (χ0n) is 24.0. The van der Waals surface area contributed by atoms with E-state index in [4.69, 9.17) is 0 Å². The maximum absolute atomic E-state index is 2.73. The van der Waals surface area contributed by atoms with Gasteiger partial charge in [-0.25, -0.2) is 0 Å². The first-order valence-corrected chi connectivity index (χ1v) is 15.4. The maximum atomic E-state index is 2.73. The number of fused-ring (bicyclic) bond motifs is 1. The highest BCUT2D eigenvalue weighted by atomic mass is 127. The van der Waals surface area contributed by atoms with Gasteiger partial charge in [0, 0.05) is 25.0 Å². The van der Waals surface area contributed by atoms with Crippen LogP contribution in [0.25, 0.3) is 0 Å². The van der Waals surface area contributed by atoms with Crippen LogP contribution in [-0.4, -0.2) is 16.8 Å². The van der Waals surface area contributed by atoms with E-state index in [0.29, 0.717) is 0 Å². The van der Waals surface area contributed by atoms with E-state index in [2.05, 4.69) is 56.5 Å². The summed E-state index contributed by atoms with van der Waals surface area (Å²) in [6.07, 6.45) is 27.8. The van der Waals surface area contributed by atoms with Crippen molar-refractivity contribution in [3.63, 3.8) is 0 Å². The van der Waals surface area contributed by atoms with Crippen LogP contribution < -0.4 is 24.0 Å². The molecule has 2 heteroatoms. The molecule has 0 fully saturated rings. The third-order valence-corrected chi connectivity index (χ3v) is 8.46. The third kappa shape index (κ3) is 10.5. The van der Waals surface area contributed by atoms with Crippen LogP contribution in [0.3, 0.4) is 0 Å². The number of rotatable bonds is 21. The molecule has 35 heavy (non-hydrogen) atoms. The normalized spacial score (nSPS) is 17.0. The Bertz CT molecular complexity index is 694. The first-order chi connectivity index (χ1) is 16.7. The minimum atomic E-state index is 0. The molecule has 0 N–H and O–H groups in total. The standard InChI is InChI=1S/C33H58N.HI/c1-5-8-11-14-16-17-19-23-28-33(27-22-18-15-12-9-6-2)30(4)34(29-24-13-10-7-3)32-26-21-20-25-31(32)33;/h20-21,25-26H,5-19,22-24,27-29H2,1-4H3;1H/q+1;/p-1. The molecule has 1 heterocycles. The molecule has 0 amide bonds. The Balaban J connectivity index is 0.00000612. The number of nitrogens with zero attached hydrogens (tertiary/aromatic N) is 1. The lowest BCUT2D eigenvalue weighted by atomic mass is 9.70. The summed E-state index contributed by atoms with van der Waals surface area (Å²) < 4.78 is 2.73. The molecule has 0 spiro atoms.